The number of hydrogen-bond donors (Lipinski definition) is 1. The highest BCUT2D eigenvalue weighted by molar-refractivity contribution is 6.04. The molecule has 0 radical (unpaired) electrons. The average Bonchev–Trinajstić information content (AvgIpc) is 3.32. The van der Waals surface area contributed by atoms with E-state index in [0.717, 1.165) is 38.8 Å². The molecule has 5 heterocycles. The van der Waals surface area contributed by atoms with Crippen molar-refractivity contribution in [2.24, 2.45) is 0 Å². The molecule has 4 aliphatic rings. The maximum atomic E-state index is 13.4. The summed E-state index contributed by atoms with van der Waals surface area (Å²) >= 11 is 0. The molecular weight excluding hydrogens is 516 g/mol. The van der Waals surface area contributed by atoms with Gasteiger partial charge in [-0.05, 0) is 78.0 Å². The Labute approximate surface area is 237 Å². The van der Waals surface area contributed by atoms with Crippen LogP contribution in [0.25, 0.3) is 11.1 Å². The molecule has 2 aromatic rings. The van der Waals surface area contributed by atoms with Gasteiger partial charge in [0.2, 0.25) is 0 Å². The number of carbonyl (C=O) groups excluding carboxylic acids is 2. The minimum Gasteiger partial charge on any atom is -0.423 e. The summed E-state index contributed by atoms with van der Waals surface area (Å²) in [6.45, 7) is 7.21. The first-order chi connectivity index (χ1) is 18.4. The highest BCUT2D eigenvalue weighted by Crippen LogP contribution is 2.34. The number of piperidine rings is 3. The highest BCUT2D eigenvalue weighted by atomic mass is 35.5. The number of anilines is 1. The lowest BCUT2D eigenvalue weighted by atomic mass is 9.82. The third-order valence-electron chi connectivity index (χ3n) is 9.36. The number of oxazole rings is 1. The number of para-hydroxylation sites is 1. The molecule has 4 saturated heterocycles. The number of aromatic nitrogens is 1. The molecule has 6 rings (SSSR count). The lowest BCUT2D eigenvalue weighted by Gasteiger charge is -2.47. The lowest BCUT2D eigenvalue weighted by Crippen LogP contribution is -2.60. The molecule has 1 aromatic heterocycles. The van der Waals surface area contributed by atoms with Crippen LogP contribution in [-0.2, 0) is 0 Å². The molecule has 2 bridgehead atoms. The van der Waals surface area contributed by atoms with Crippen molar-refractivity contribution < 1.29 is 14.0 Å². The van der Waals surface area contributed by atoms with E-state index < -0.39 is 0 Å². The molecule has 9 nitrogen and oxygen atoms in total. The molecule has 2 unspecified atom stereocenters. The average molecular weight is 559 g/mol. The fraction of sp³-hybridized carbons (Fsp3) is 0.690. The van der Waals surface area contributed by atoms with E-state index in [4.69, 9.17) is 9.40 Å². The summed E-state index contributed by atoms with van der Waals surface area (Å²) in [7, 11) is 2.23. The van der Waals surface area contributed by atoms with E-state index in [1.807, 2.05) is 28.0 Å². The van der Waals surface area contributed by atoms with Gasteiger partial charge in [-0.2, -0.15) is 4.98 Å². The van der Waals surface area contributed by atoms with Gasteiger partial charge in [0.15, 0.2) is 5.58 Å². The second kappa shape index (κ2) is 11.5. The molecule has 3 amide bonds. The van der Waals surface area contributed by atoms with Crippen molar-refractivity contribution >= 4 is 41.5 Å². The maximum absolute atomic E-state index is 13.4. The summed E-state index contributed by atoms with van der Waals surface area (Å²) in [5.74, 6) is -0.0684. The van der Waals surface area contributed by atoms with Gasteiger partial charge < -0.3 is 29.3 Å². The van der Waals surface area contributed by atoms with Gasteiger partial charge in [0.25, 0.3) is 11.9 Å². The summed E-state index contributed by atoms with van der Waals surface area (Å²) in [6, 6.07) is 7.70. The Kier molecular flexibility index (Phi) is 8.29. The second-order valence-electron chi connectivity index (χ2n) is 12.0. The molecule has 10 heteroatoms. The predicted octanol–water partition coefficient (Wildman–Crippen LogP) is 4.50. The van der Waals surface area contributed by atoms with Crippen LogP contribution in [0.2, 0.25) is 0 Å². The van der Waals surface area contributed by atoms with Crippen LogP contribution in [-0.4, -0.2) is 95.1 Å². The normalized spacial score (nSPS) is 29.7. The number of nitrogens with zero attached hydrogens (tertiary/aromatic N) is 5. The lowest BCUT2D eigenvalue weighted by molar-refractivity contribution is 0.0463. The summed E-state index contributed by atoms with van der Waals surface area (Å²) in [5.41, 5.74) is 1.80. The smallest absolute Gasteiger partial charge is 0.320 e. The van der Waals surface area contributed by atoms with Crippen molar-refractivity contribution in [2.75, 3.05) is 38.1 Å². The van der Waals surface area contributed by atoms with Gasteiger partial charge in [0.05, 0.1) is 5.56 Å². The highest BCUT2D eigenvalue weighted by Gasteiger charge is 2.38. The number of amides is 3. The van der Waals surface area contributed by atoms with Crippen molar-refractivity contribution in [3.8, 4) is 0 Å². The van der Waals surface area contributed by atoms with Gasteiger partial charge in [-0.1, -0.05) is 12.5 Å². The van der Waals surface area contributed by atoms with Crippen molar-refractivity contribution in [1.29, 1.82) is 0 Å². The van der Waals surface area contributed by atoms with Gasteiger partial charge in [-0.15, -0.1) is 12.4 Å². The SMILES string of the molecule is C[C@H]1CN(C(=O)N2CCCCC2)C[C@H](C)N1c1nc2c(C(=O)NC3CC4CCCC(C3)N4C)cccc2o1.Cl. The zero-order valence-electron chi connectivity index (χ0n) is 23.5. The van der Waals surface area contributed by atoms with E-state index in [0.29, 0.717) is 47.9 Å². The molecule has 39 heavy (non-hydrogen) atoms. The molecular formula is C29H43ClN6O3. The first kappa shape index (κ1) is 28.0. The zero-order valence-corrected chi connectivity index (χ0v) is 24.3. The van der Waals surface area contributed by atoms with Crippen LogP contribution in [0.1, 0.15) is 75.6 Å². The Morgan fingerprint density at radius 3 is 2.28 bits per heavy atom. The van der Waals surface area contributed by atoms with E-state index >= 15 is 0 Å². The summed E-state index contributed by atoms with van der Waals surface area (Å²) in [4.78, 5) is 40.1. The monoisotopic (exact) mass is 558 g/mol. The first-order valence-electron chi connectivity index (χ1n) is 14.6. The molecule has 4 fully saturated rings. The van der Waals surface area contributed by atoms with E-state index in [2.05, 4.69) is 36.0 Å². The van der Waals surface area contributed by atoms with Crippen molar-refractivity contribution in [2.45, 2.75) is 95.4 Å². The van der Waals surface area contributed by atoms with E-state index in [1.165, 1.54) is 25.7 Å². The summed E-state index contributed by atoms with van der Waals surface area (Å²) in [5, 5.41) is 3.32. The van der Waals surface area contributed by atoms with Crippen molar-refractivity contribution in [3.05, 3.63) is 23.8 Å². The number of urea groups is 1. The third kappa shape index (κ3) is 5.44. The fourth-order valence-corrected chi connectivity index (χ4v) is 7.37. The zero-order chi connectivity index (χ0) is 26.4. The molecule has 1 aromatic carbocycles. The quantitative estimate of drug-likeness (QED) is 0.597. The van der Waals surface area contributed by atoms with Gasteiger partial charge >= 0.3 is 6.03 Å². The number of hydrogen-bond acceptors (Lipinski definition) is 6. The third-order valence-corrected chi connectivity index (χ3v) is 9.36. The van der Waals surface area contributed by atoms with Gasteiger partial charge in [0.1, 0.15) is 5.52 Å². The van der Waals surface area contributed by atoms with E-state index in [9.17, 15) is 9.59 Å². The minimum absolute atomic E-state index is 0. The largest absolute Gasteiger partial charge is 0.423 e. The van der Waals surface area contributed by atoms with Crippen LogP contribution in [0.4, 0.5) is 10.8 Å². The van der Waals surface area contributed by atoms with Crippen LogP contribution in [0, 0.1) is 0 Å². The van der Waals surface area contributed by atoms with Gasteiger partial charge in [-0.3, -0.25) is 4.79 Å². The predicted molar refractivity (Wildman–Crippen MR) is 155 cm³/mol. The molecule has 214 valence electrons. The molecule has 1 N–H and O–H groups in total. The Morgan fingerprint density at radius 1 is 0.949 bits per heavy atom. The molecule has 4 atom stereocenters. The van der Waals surface area contributed by atoms with E-state index in [-0.39, 0.29) is 42.5 Å². The van der Waals surface area contributed by atoms with Crippen LogP contribution in [0.15, 0.2) is 22.6 Å². The number of likely N-dealkylation sites (tertiary alicyclic amines) is 1. The molecule has 0 aliphatic carbocycles. The summed E-state index contributed by atoms with van der Waals surface area (Å²) in [6.07, 6.45) is 9.13. The fourth-order valence-electron chi connectivity index (χ4n) is 7.37. The van der Waals surface area contributed by atoms with Crippen molar-refractivity contribution in [3.63, 3.8) is 0 Å². The Hall–Kier alpha value is -2.52. The van der Waals surface area contributed by atoms with Crippen LogP contribution >= 0.6 is 12.4 Å². The number of piperazine rings is 1. The van der Waals surface area contributed by atoms with Gasteiger partial charge in [-0.25, -0.2) is 4.79 Å². The standard InChI is InChI=1S/C29H42N6O3.ClH/c1-19-17-34(29(37)33-13-5-4-6-14-33)18-20(2)35(19)28-31-26-24(11-8-12-25(26)38-28)27(36)30-21-15-22-9-7-10-23(16-21)32(22)3;/h8,11-12,19-23H,4-7,9-10,13-18H2,1-3H3,(H,30,36);1H/t19-,20-,21?,22?,23?;/m0./s1. The molecule has 4 aliphatic heterocycles. The van der Waals surface area contributed by atoms with Crippen LogP contribution in [0.5, 0.6) is 0 Å². The first-order valence-corrected chi connectivity index (χ1v) is 14.6. The van der Waals surface area contributed by atoms with Gasteiger partial charge in [0, 0.05) is 56.4 Å². The Balaban J connectivity index is 0.00000308. The topological polar surface area (TPSA) is 85.2 Å². The molecule has 0 saturated carbocycles. The Morgan fingerprint density at radius 2 is 1.62 bits per heavy atom. The van der Waals surface area contributed by atoms with E-state index in [1.54, 1.807) is 0 Å². The van der Waals surface area contributed by atoms with Crippen molar-refractivity contribution in [1.82, 2.24) is 25.0 Å². The number of carbonyl (C=O) groups is 2. The number of halogens is 1. The summed E-state index contributed by atoms with van der Waals surface area (Å²) < 4.78 is 6.23. The number of benzene rings is 1. The van der Waals surface area contributed by atoms with Crippen LogP contribution in [0.3, 0.4) is 0 Å². The Bertz CT molecular complexity index is 1160. The number of nitrogens with one attached hydrogen (secondary N) is 1. The number of rotatable bonds is 3. The minimum atomic E-state index is -0.0684. The second-order valence-corrected chi connectivity index (χ2v) is 12.0. The number of fused-ring (bicyclic) bond motifs is 3. The molecule has 0 spiro atoms. The maximum Gasteiger partial charge on any atom is 0.320 e. The van der Waals surface area contributed by atoms with Crippen LogP contribution < -0.4 is 10.2 Å².